The van der Waals surface area contributed by atoms with Crippen LogP contribution in [0.15, 0.2) is 24.3 Å². The molecule has 0 aromatic heterocycles. The Kier molecular flexibility index (Phi) is 4.76. The lowest BCUT2D eigenvalue weighted by Crippen LogP contribution is -2.40. The zero-order valence-electron chi connectivity index (χ0n) is 9.59. The van der Waals surface area contributed by atoms with Crippen LogP contribution in [0.4, 0.5) is 9.18 Å². The third kappa shape index (κ3) is 4.77. The van der Waals surface area contributed by atoms with Crippen LogP contribution in [0.5, 0.6) is 0 Å². The fraction of sp³-hybridized carbons (Fsp3) is 0.417. The highest BCUT2D eigenvalue weighted by molar-refractivity contribution is 5.74. The molecule has 0 saturated carbocycles. The lowest BCUT2D eigenvalue weighted by Gasteiger charge is -2.09. The number of benzene rings is 1. The molecule has 0 spiro atoms. The van der Waals surface area contributed by atoms with Gasteiger partial charge in [0.05, 0.1) is 0 Å². The van der Waals surface area contributed by atoms with Gasteiger partial charge in [0.2, 0.25) is 0 Å². The molecule has 0 aliphatic rings. The monoisotopic (exact) mass is 224 g/mol. The van der Waals surface area contributed by atoms with Gasteiger partial charge in [-0.2, -0.15) is 0 Å². The van der Waals surface area contributed by atoms with Crippen molar-refractivity contribution < 1.29 is 9.18 Å². The summed E-state index contributed by atoms with van der Waals surface area (Å²) in [4.78, 5) is 11.2. The second-order valence-electron chi connectivity index (χ2n) is 3.93. The topological polar surface area (TPSA) is 41.1 Å². The van der Waals surface area contributed by atoms with Gasteiger partial charge >= 0.3 is 6.03 Å². The number of urea groups is 1. The number of hydrogen-bond donors (Lipinski definition) is 2. The summed E-state index contributed by atoms with van der Waals surface area (Å²) in [5.41, 5.74) is 1.01. The van der Waals surface area contributed by atoms with E-state index in [0.29, 0.717) is 13.0 Å². The average Bonchev–Trinajstić information content (AvgIpc) is 2.20. The number of carbonyl (C=O) groups excluding carboxylic acids is 1. The molecule has 0 atom stereocenters. The second-order valence-corrected chi connectivity index (χ2v) is 3.93. The number of halogens is 1. The Labute approximate surface area is 95.0 Å². The van der Waals surface area contributed by atoms with Crippen LogP contribution in [0.2, 0.25) is 0 Å². The maximum Gasteiger partial charge on any atom is 0.314 e. The molecule has 0 fully saturated rings. The van der Waals surface area contributed by atoms with E-state index in [-0.39, 0.29) is 17.9 Å². The molecule has 0 heterocycles. The van der Waals surface area contributed by atoms with Crippen molar-refractivity contribution >= 4 is 6.03 Å². The summed E-state index contributed by atoms with van der Waals surface area (Å²) >= 11 is 0. The van der Waals surface area contributed by atoms with Crippen LogP contribution < -0.4 is 10.6 Å². The van der Waals surface area contributed by atoms with E-state index in [0.717, 1.165) is 5.56 Å². The van der Waals surface area contributed by atoms with Crippen molar-refractivity contribution in [3.8, 4) is 0 Å². The van der Waals surface area contributed by atoms with Gasteiger partial charge in [-0.15, -0.1) is 0 Å². The highest BCUT2D eigenvalue weighted by atomic mass is 19.1. The van der Waals surface area contributed by atoms with E-state index >= 15 is 0 Å². The molecule has 0 aliphatic heterocycles. The first-order valence-corrected chi connectivity index (χ1v) is 5.36. The number of nitrogens with one attached hydrogen (secondary N) is 2. The minimum atomic E-state index is -0.241. The van der Waals surface area contributed by atoms with Crippen molar-refractivity contribution in [1.29, 1.82) is 0 Å². The van der Waals surface area contributed by atoms with Crippen molar-refractivity contribution in [2.45, 2.75) is 26.3 Å². The molecule has 1 aromatic rings. The fourth-order valence-corrected chi connectivity index (χ4v) is 1.28. The zero-order valence-corrected chi connectivity index (χ0v) is 9.59. The maximum absolute atomic E-state index is 12.6. The highest BCUT2D eigenvalue weighted by Gasteiger charge is 2.01. The summed E-state index contributed by atoms with van der Waals surface area (Å²) < 4.78 is 12.6. The molecule has 88 valence electrons. The first-order valence-electron chi connectivity index (χ1n) is 5.36. The van der Waals surface area contributed by atoms with E-state index in [4.69, 9.17) is 0 Å². The minimum Gasteiger partial charge on any atom is -0.338 e. The Balaban J connectivity index is 2.25. The molecule has 0 aliphatic carbocycles. The van der Waals surface area contributed by atoms with Gasteiger partial charge in [0, 0.05) is 12.6 Å². The number of carbonyl (C=O) groups is 1. The van der Waals surface area contributed by atoms with Crippen LogP contribution in [0.3, 0.4) is 0 Å². The van der Waals surface area contributed by atoms with Crippen LogP contribution in [0, 0.1) is 5.82 Å². The quantitative estimate of drug-likeness (QED) is 0.807. The van der Waals surface area contributed by atoms with E-state index < -0.39 is 0 Å². The van der Waals surface area contributed by atoms with Gasteiger partial charge in [-0.1, -0.05) is 12.1 Å². The largest absolute Gasteiger partial charge is 0.338 e. The molecule has 1 rings (SSSR count). The molecular weight excluding hydrogens is 207 g/mol. The minimum absolute atomic E-state index is 0.130. The van der Waals surface area contributed by atoms with Gasteiger partial charge in [0.1, 0.15) is 5.82 Å². The smallest absolute Gasteiger partial charge is 0.314 e. The van der Waals surface area contributed by atoms with Crippen molar-refractivity contribution in [2.75, 3.05) is 6.54 Å². The SMILES string of the molecule is CC(C)NC(=O)NCCc1ccc(F)cc1. The first kappa shape index (κ1) is 12.5. The van der Waals surface area contributed by atoms with E-state index in [1.165, 1.54) is 12.1 Å². The fourth-order valence-electron chi connectivity index (χ4n) is 1.28. The van der Waals surface area contributed by atoms with Crippen LogP contribution in [0.1, 0.15) is 19.4 Å². The summed E-state index contributed by atoms with van der Waals surface area (Å²) in [6.07, 6.45) is 0.700. The van der Waals surface area contributed by atoms with Gasteiger partial charge in [-0.3, -0.25) is 0 Å². The maximum atomic E-state index is 12.6. The second kappa shape index (κ2) is 6.10. The Morgan fingerprint density at radius 1 is 1.31 bits per heavy atom. The molecule has 4 heteroatoms. The predicted molar refractivity (Wildman–Crippen MR) is 61.8 cm³/mol. The Morgan fingerprint density at radius 2 is 1.94 bits per heavy atom. The van der Waals surface area contributed by atoms with E-state index in [1.54, 1.807) is 12.1 Å². The van der Waals surface area contributed by atoms with E-state index in [9.17, 15) is 9.18 Å². The molecule has 0 bridgehead atoms. The van der Waals surface area contributed by atoms with Gasteiger partial charge in [-0.25, -0.2) is 9.18 Å². The summed E-state index contributed by atoms with van der Waals surface area (Å²) in [6, 6.07) is 6.24. The molecule has 2 amide bonds. The van der Waals surface area contributed by atoms with Gasteiger partial charge in [0.15, 0.2) is 0 Å². The van der Waals surface area contributed by atoms with Crippen LogP contribution >= 0.6 is 0 Å². The van der Waals surface area contributed by atoms with Gasteiger partial charge < -0.3 is 10.6 Å². The summed E-state index contributed by atoms with van der Waals surface area (Å²) in [7, 11) is 0. The number of amides is 2. The predicted octanol–water partition coefficient (Wildman–Crippen LogP) is 2.08. The Hall–Kier alpha value is -1.58. The zero-order chi connectivity index (χ0) is 12.0. The molecule has 0 saturated heterocycles. The third-order valence-electron chi connectivity index (χ3n) is 2.03. The standard InChI is InChI=1S/C12H17FN2O/c1-9(2)15-12(16)14-8-7-10-3-5-11(13)6-4-10/h3-6,9H,7-8H2,1-2H3,(H2,14,15,16). The van der Waals surface area contributed by atoms with Crippen molar-refractivity contribution in [2.24, 2.45) is 0 Å². The summed E-state index contributed by atoms with van der Waals surface area (Å²) in [5, 5.41) is 5.46. The Morgan fingerprint density at radius 3 is 2.50 bits per heavy atom. The molecule has 2 N–H and O–H groups in total. The average molecular weight is 224 g/mol. The first-order chi connectivity index (χ1) is 7.58. The molecule has 0 radical (unpaired) electrons. The molecule has 3 nitrogen and oxygen atoms in total. The third-order valence-corrected chi connectivity index (χ3v) is 2.03. The van der Waals surface area contributed by atoms with Crippen molar-refractivity contribution in [1.82, 2.24) is 10.6 Å². The Bertz CT molecular complexity index is 335. The summed E-state index contributed by atoms with van der Waals surface area (Å²) in [6.45, 7) is 4.35. The molecule has 0 unspecified atom stereocenters. The molecule has 16 heavy (non-hydrogen) atoms. The van der Waals surface area contributed by atoms with Crippen LogP contribution in [0.25, 0.3) is 0 Å². The lowest BCUT2D eigenvalue weighted by molar-refractivity contribution is 0.238. The van der Waals surface area contributed by atoms with Gasteiger partial charge in [-0.05, 0) is 38.0 Å². The lowest BCUT2D eigenvalue weighted by atomic mass is 10.1. The van der Waals surface area contributed by atoms with E-state index in [1.807, 2.05) is 13.8 Å². The van der Waals surface area contributed by atoms with Gasteiger partial charge in [0.25, 0.3) is 0 Å². The van der Waals surface area contributed by atoms with E-state index in [2.05, 4.69) is 10.6 Å². The number of hydrogen-bond acceptors (Lipinski definition) is 1. The van der Waals surface area contributed by atoms with Crippen LogP contribution in [-0.2, 0) is 6.42 Å². The normalized spacial score (nSPS) is 10.2. The highest BCUT2D eigenvalue weighted by Crippen LogP contribution is 2.02. The van der Waals surface area contributed by atoms with Crippen molar-refractivity contribution in [3.05, 3.63) is 35.6 Å². The van der Waals surface area contributed by atoms with Crippen molar-refractivity contribution in [3.63, 3.8) is 0 Å². The molecule has 1 aromatic carbocycles. The molecular formula is C12H17FN2O. The van der Waals surface area contributed by atoms with Crippen LogP contribution in [-0.4, -0.2) is 18.6 Å². The number of rotatable bonds is 4. The summed E-state index contributed by atoms with van der Waals surface area (Å²) in [5.74, 6) is -0.241.